The van der Waals surface area contributed by atoms with Gasteiger partial charge in [0.25, 0.3) is 0 Å². The number of ketones is 1. The SMILES string of the molecule is COc1ccccc1CC(=O)C1(N(C)C)CCCC1. The van der Waals surface area contributed by atoms with Gasteiger partial charge in [-0.3, -0.25) is 9.69 Å². The van der Waals surface area contributed by atoms with Gasteiger partial charge in [-0.15, -0.1) is 0 Å². The van der Waals surface area contributed by atoms with E-state index in [1.54, 1.807) is 7.11 Å². The molecule has 0 radical (unpaired) electrons. The third-order valence-corrected chi connectivity index (χ3v) is 4.35. The minimum Gasteiger partial charge on any atom is -0.496 e. The maximum Gasteiger partial charge on any atom is 0.157 e. The fourth-order valence-electron chi connectivity index (χ4n) is 3.12. The number of ether oxygens (including phenoxy) is 1. The van der Waals surface area contributed by atoms with Crippen molar-refractivity contribution >= 4 is 5.78 Å². The molecule has 2 rings (SSSR count). The molecule has 1 aliphatic carbocycles. The molecule has 0 atom stereocenters. The molecule has 1 aliphatic rings. The van der Waals surface area contributed by atoms with Crippen LogP contribution in [0.3, 0.4) is 0 Å². The van der Waals surface area contributed by atoms with E-state index in [1.165, 1.54) is 0 Å². The zero-order valence-electron chi connectivity index (χ0n) is 12.1. The van der Waals surface area contributed by atoms with Gasteiger partial charge in [0.15, 0.2) is 5.78 Å². The third kappa shape index (κ3) is 2.66. The van der Waals surface area contributed by atoms with Gasteiger partial charge in [0.1, 0.15) is 5.75 Å². The zero-order valence-corrected chi connectivity index (χ0v) is 12.1. The Morgan fingerprint density at radius 3 is 2.47 bits per heavy atom. The Labute approximate surface area is 115 Å². The van der Waals surface area contributed by atoms with Gasteiger partial charge in [-0.25, -0.2) is 0 Å². The number of para-hydroxylation sites is 1. The molecule has 0 N–H and O–H groups in total. The summed E-state index contributed by atoms with van der Waals surface area (Å²) in [5, 5.41) is 0. The average Bonchev–Trinajstić information content (AvgIpc) is 2.90. The Balaban J connectivity index is 2.20. The van der Waals surface area contributed by atoms with Crippen molar-refractivity contribution in [2.75, 3.05) is 21.2 Å². The van der Waals surface area contributed by atoms with Crippen molar-refractivity contribution in [3.8, 4) is 5.75 Å². The fraction of sp³-hybridized carbons (Fsp3) is 0.562. The predicted molar refractivity (Wildman–Crippen MR) is 76.6 cm³/mol. The standard InChI is InChI=1S/C16H23NO2/c1-17(2)16(10-6-7-11-16)15(18)12-13-8-4-5-9-14(13)19-3/h4-5,8-9H,6-7,10-12H2,1-3H3. The number of nitrogens with zero attached hydrogens (tertiary/aromatic N) is 1. The van der Waals surface area contributed by atoms with Crippen molar-refractivity contribution in [1.29, 1.82) is 0 Å². The highest BCUT2D eigenvalue weighted by atomic mass is 16.5. The van der Waals surface area contributed by atoms with Crippen LogP contribution in [0.1, 0.15) is 31.2 Å². The lowest BCUT2D eigenvalue weighted by atomic mass is 9.87. The average molecular weight is 261 g/mol. The van der Waals surface area contributed by atoms with Gasteiger partial charge in [0.2, 0.25) is 0 Å². The Morgan fingerprint density at radius 1 is 1.26 bits per heavy atom. The lowest BCUT2D eigenvalue weighted by Crippen LogP contribution is -2.49. The van der Waals surface area contributed by atoms with E-state index in [1.807, 2.05) is 38.4 Å². The maximum absolute atomic E-state index is 12.7. The molecule has 3 nitrogen and oxygen atoms in total. The number of rotatable bonds is 5. The molecule has 1 aromatic rings. The van der Waals surface area contributed by atoms with Gasteiger partial charge in [-0.2, -0.15) is 0 Å². The number of carbonyl (C=O) groups excluding carboxylic acids is 1. The van der Waals surface area contributed by atoms with Crippen molar-refractivity contribution in [2.45, 2.75) is 37.6 Å². The summed E-state index contributed by atoms with van der Waals surface area (Å²) >= 11 is 0. The second-order valence-electron chi connectivity index (χ2n) is 5.54. The van der Waals surface area contributed by atoms with Crippen LogP contribution in [0.5, 0.6) is 5.75 Å². The van der Waals surface area contributed by atoms with Crippen LogP contribution >= 0.6 is 0 Å². The first-order valence-electron chi connectivity index (χ1n) is 6.93. The second kappa shape index (κ2) is 5.74. The number of methoxy groups -OCH3 is 1. The zero-order chi connectivity index (χ0) is 13.9. The van der Waals surface area contributed by atoms with Crippen LogP contribution in [0.15, 0.2) is 24.3 Å². The first kappa shape index (κ1) is 14.1. The van der Waals surface area contributed by atoms with Gasteiger partial charge in [-0.1, -0.05) is 31.0 Å². The van der Waals surface area contributed by atoms with Crippen molar-refractivity contribution in [2.24, 2.45) is 0 Å². The molecule has 0 saturated heterocycles. The number of likely N-dealkylation sites (N-methyl/N-ethyl adjacent to an activating group) is 1. The summed E-state index contributed by atoms with van der Waals surface area (Å²) in [6.45, 7) is 0. The summed E-state index contributed by atoms with van der Waals surface area (Å²) < 4.78 is 5.34. The number of Topliss-reactive ketones (excluding diaryl/α,β-unsaturated/α-hetero) is 1. The Morgan fingerprint density at radius 2 is 1.89 bits per heavy atom. The van der Waals surface area contributed by atoms with Gasteiger partial charge in [-0.05, 0) is 33.0 Å². The van der Waals surface area contributed by atoms with E-state index in [4.69, 9.17) is 4.74 Å². The minimum absolute atomic E-state index is 0.263. The first-order valence-corrected chi connectivity index (χ1v) is 6.93. The molecular weight excluding hydrogens is 238 g/mol. The summed E-state index contributed by atoms with van der Waals surface area (Å²) in [4.78, 5) is 14.9. The molecule has 0 heterocycles. The molecule has 1 aromatic carbocycles. The molecule has 0 spiro atoms. The monoisotopic (exact) mass is 261 g/mol. The lowest BCUT2D eigenvalue weighted by Gasteiger charge is -2.35. The summed E-state index contributed by atoms with van der Waals surface area (Å²) in [7, 11) is 5.69. The summed E-state index contributed by atoms with van der Waals surface area (Å²) in [5.41, 5.74) is 0.726. The summed E-state index contributed by atoms with van der Waals surface area (Å²) in [5.74, 6) is 1.13. The highest BCUT2D eigenvalue weighted by Gasteiger charge is 2.42. The topological polar surface area (TPSA) is 29.5 Å². The first-order chi connectivity index (χ1) is 9.10. The van der Waals surface area contributed by atoms with Crippen LogP contribution in [0.25, 0.3) is 0 Å². The second-order valence-corrected chi connectivity index (χ2v) is 5.54. The largest absolute Gasteiger partial charge is 0.496 e. The molecule has 104 valence electrons. The Hall–Kier alpha value is -1.35. The molecule has 0 amide bonds. The number of carbonyl (C=O) groups is 1. The predicted octanol–water partition coefficient (Wildman–Crippen LogP) is 2.68. The van der Waals surface area contributed by atoms with Crippen LogP contribution in [-0.4, -0.2) is 37.4 Å². The molecule has 1 saturated carbocycles. The van der Waals surface area contributed by atoms with Crippen molar-refractivity contribution < 1.29 is 9.53 Å². The van der Waals surface area contributed by atoms with E-state index in [-0.39, 0.29) is 5.54 Å². The van der Waals surface area contributed by atoms with Crippen molar-refractivity contribution in [3.63, 3.8) is 0 Å². The fourth-order valence-corrected chi connectivity index (χ4v) is 3.12. The van der Waals surface area contributed by atoms with Gasteiger partial charge < -0.3 is 4.74 Å². The van der Waals surface area contributed by atoms with Gasteiger partial charge >= 0.3 is 0 Å². The lowest BCUT2D eigenvalue weighted by molar-refractivity contribution is -0.128. The third-order valence-electron chi connectivity index (χ3n) is 4.35. The molecule has 19 heavy (non-hydrogen) atoms. The molecule has 0 aliphatic heterocycles. The van der Waals surface area contributed by atoms with Crippen molar-refractivity contribution in [1.82, 2.24) is 4.90 Å². The molecule has 3 heteroatoms. The van der Waals surface area contributed by atoms with E-state index in [2.05, 4.69) is 4.90 Å². The normalized spacial score (nSPS) is 17.7. The molecule has 0 bridgehead atoms. The number of benzene rings is 1. The van der Waals surface area contributed by atoms with Crippen LogP contribution < -0.4 is 4.74 Å². The van der Waals surface area contributed by atoms with Crippen LogP contribution in [-0.2, 0) is 11.2 Å². The van der Waals surface area contributed by atoms with Gasteiger partial charge in [0.05, 0.1) is 12.6 Å². The van der Waals surface area contributed by atoms with Crippen LogP contribution in [0, 0.1) is 0 Å². The highest BCUT2D eigenvalue weighted by molar-refractivity contribution is 5.91. The molecular formula is C16H23NO2. The number of hydrogen-bond donors (Lipinski definition) is 0. The quantitative estimate of drug-likeness (QED) is 0.816. The summed E-state index contributed by atoms with van der Waals surface area (Å²) in [6.07, 6.45) is 4.72. The molecule has 0 aromatic heterocycles. The van der Waals surface area contributed by atoms with E-state index >= 15 is 0 Å². The van der Waals surface area contributed by atoms with E-state index in [9.17, 15) is 4.79 Å². The van der Waals surface area contributed by atoms with Crippen LogP contribution in [0.4, 0.5) is 0 Å². The minimum atomic E-state index is -0.263. The highest BCUT2D eigenvalue weighted by Crippen LogP contribution is 2.36. The van der Waals surface area contributed by atoms with Gasteiger partial charge in [0, 0.05) is 12.0 Å². The van der Waals surface area contributed by atoms with Crippen LogP contribution in [0.2, 0.25) is 0 Å². The number of hydrogen-bond acceptors (Lipinski definition) is 3. The Bertz CT molecular complexity index is 448. The molecule has 0 unspecified atom stereocenters. The van der Waals surface area contributed by atoms with E-state index in [0.717, 1.165) is 37.0 Å². The van der Waals surface area contributed by atoms with E-state index < -0.39 is 0 Å². The smallest absolute Gasteiger partial charge is 0.157 e. The Kier molecular flexibility index (Phi) is 4.25. The van der Waals surface area contributed by atoms with Crippen molar-refractivity contribution in [3.05, 3.63) is 29.8 Å². The van der Waals surface area contributed by atoms with E-state index in [0.29, 0.717) is 12.2 Å². The molecule has 1 fully saturated rings. The summed E-state index contributed by atoms with van der Waals surface area (Å²) in [6, 6.07) is 7.79. The maximum atomic E-state index is 12.7.